The molecule has 17 heavy (non-hydrogen) atoms. The molecule has 0 amide bonds. The molecule has 0 heterocycles. The molecule has 1 aromatic rings. The molecule has 0 atom stereocenters. The monoisotopic (exact) mass is 236 g/mol. The Bertz CT molecular complexity index is 236. The predicted octanol–water partition coefficient (Wildman–Crippen LogP) is 5.09. The first-order valence-electron chi connectivity index (χ1n) is 6.89. The lowest BCUT2D eigenvalue weighted by Gasteiger charge is -2.18. The molecule has 0 aromatic heterocycles. The molecular formula is C16H28O. The van der Waals surface area contributed by atoms with E-state index in [4.69, 9.17) is 4.74 Å². The van der Waals surface area contributed by atoms with Crippen LogP contribution in [0.2, 0.25) is 0 Å². The van der Waals surface area contributed by atoms with Gasteiger partial charge in [-0.1, -0.05) is 59.1 Å². The van der Waals surface area contributed by atoms with Crippen molar-refractivity contribution in [2.75, 3.05) is 7.11 Å². The largest absolute Gasteiger partial charge is 0.497 e. The second kappa shape index (κ2) is 10.2. The van der Waals surface area contributed by atoms with Crippen molar-refractivity contribution in [3.8, 4) is 5.75 Å². The zero-order valence-electron chi connectivity index (χ0n) is 12.1. The molecule has 0 bridgehead atoms. The Balaban J connectivity index is 0.000000306. The Hall–Kier alpha value is -0.980. The number of rotatable bonds is 2. The molecule has 0 unspecified atom stereocenters. The van der Waals surface area contributed by atoms with Crippen LogP contribution >= 0.6 is 0 Å². The quantitative estimate of drug-likeness (QED) is 0.695. The van der Waals surface area contributed by atoms with Gasteiger partial charge in [0.05, 0.1) is 7.11 Å². The van der Waals surface area contributed by atoms with Gasteiger partial charge in [0, 0.05) is 0 Å². The van der Waals surface area contributed by atoms with Crippen molar-refractivity contribution >= 4 is 0 Å². The Morgan fingerprint density at radius 2 is 1.59 bits per heavy atom. The molecule has 1 aliphatic carbocycles. The van der Waals surface area contributed by atoms with E-state index < -0.39 is 0 Å². The Kier molecular flexibility index (Phi) is 9.60. The van der Waals surface area contributed by atoms with E-state index in [9.17, 15) is 0 Å². The van der Waals surface area contributed by atoms with E-state index in [2.05, 4.69) is 26.0 Å². The van der Waals surface area contributed by atoms with E-state index in [1.807, 2.05) is 26.0 Å². The molecule has 1 aliphatic rings. The van der Waals surface area contributed by atoms with Gasteiger partial charge in [0.15, 0.2) is 0 Å². The molecule has 0 spiro atoms. The lowest BCUT2D eigenvalue weighted by atomic mass is 9.88. The molecule has 0 N–H and O–H groups in total. The molecule has 0 radical (unpaired) electrons. The third kappa shape index (κ3) is 7.04. The molecular weight excluding hydrogens is 208 g/mol. The number of hydrogen-bond acceptors (Lipinski definition) is 1. The van der Waals surface area contributed by atoms with Crippen molar-refractivity contribution in [3.63, 3.8) is 0 Å². The first-order valence-corrected chi connectivity index (χ1v) is 6.89. The van der Waals surface area contributed by atoms with E-state index in [-0.39, 0.29) is 0 Å². The molecule has 0 saturated heterocycles. The van der Waals surface area contributed by atoms with Crippen LogP contribution in [-0.2, 0) is 6.42 Å². The minimum atomic E-state index is 0.928. The second-order valence-corrected chi connectivity index (χ2v) is 4.24. The van der Waals surface area contributed by atoms with Crippen LogP contribution in [-0.4, -0.2) is 7.11 Å². The summed E-state index contributed by atoms with van der Waals surface area (Å²) in [4.78, 5) is 0. The van der Waals surface area contributed by atoms with Gasteiger partial charge in [0.25, 0.3) is 0 Å². The number of benzene rings is 1. The van der Waals surface area contributed by atoms with E-state index in [0.29, 0.717) is 0 Å². The lowest BCUT2D eigenvalue weighted by Crippen LogP contribution is -2.04. The highest BCUT2D eigenvalue weighted by molar-refractivity contribution is 5.26. The number of aryl methyl sites for hydroxylation is 1. The highest BCUT2D eigenvalue weighted by Crippen LogP contribution is 2.24. The smallest absolute Gasteiger partial charge is 0.118 e. The summed E-state index contributed by atoms with van der Waals surface area (Å²) >= 11 is 0. The summed E-state index contributed by atoms with van der Waals surface area (Å²) in [7, 11) is 1.68. The first-order chi connectivity index (χ1) is 8.26. The fourth-order valence-electron chi connectivity index (χ4n) is 1.47. The summed E-state index contributed by atoms with van der Waals surface area (Å²) in [5, 5.41) is 0. The Labute approximate surface area is 107 Å². The lowest BCUT2D eigenvalue weighted by molar-refractivity contribution is 0.346. The maximum absolute atomic E-state index is 5.01. The van der Waals surface area contributed by atoms with E-state index >= 15 is 0 Å². The SMILES string of the molecule is CC.CC1CCC1.CCc1ccc(OC)cc1. The second-order valence-electron chi connectivity index (χ2n) is 4.24. The van der Waals surface area contributed by atoms with Gasteiger partial charge in [-0.2, -0.15) is 0 Å². The van der Waals surface area contributed by atoms with Crippen molar-refractivity contribution in [1.29, 1.82) is 0 Å². The molecule has 1 aromatic carbocycles. The van der Waals surface area contributed by atoms with Crippen molar-refractivity contribution in [2.45, 2.75) is 53.4 Å². The van der Waals surface area contributed by atoms with Crippen molar-refractivity contribution in [1.82, 2.24) is 0 Å². The van der Waals surface area contributed by atoms with Crippen molar-refractivity contribution in [3.05, 3.63) is 29.8 Å². The molecule has 1 saturated carbocycles. The molecule has 1 nitrogen and oxygen atoms in total. The zero-order valence-corrected chi connectivity index (χ0v) is 12.1. The summed E-state index contributed by atoms with van der Waals surface area (Å²) in [6.07, 6.45) is 5.55. The van der Waals surface area contributed by atoms with Crippen LogP contribution in [0.25, 0.3) is 0 Å². The fraction of sp³-hybridized carbons (Fsp3) is 0.625. The van der Waals surface area contributed by atoms with Crippen LogP contribution in [0.4, 0.5) is 0 Å². The molecule has 1 fully saturated rings. The van der Waals surface area contributed by atoms with Crippen LogP contribution in [0.15, 0.2) is 24.3 Å². The minimum absolute atomic E-state index is 0.928. The van der Waals surface area contributed by atoms with Crippen molar-refractivity contribution in [2.24, 2.45) is 5.92 Å². The van der Waals surface area contributed by atoms with E-state index in [1.165, 1.54) is 24.8 Å². The highest BCUT2D eigenvalue weighted by atomic mass is 16.5. The van der Waals surface area contributed by atoms with Gasteiger partial charge in [-0.3, -0.25) is 0 Å². The van der Waals surface area contributed by atoms with Gasteiger partial charge in [0.2, 0.25) is 0 Å². The Morgan fingerprint density at radius 1 is 1.12 bits per heavy atom. The standard InChI is InChI=1S/C9H12O.C5H10.C2H6/c1-3-8-4-6-9(10-2)7-5-8;1-5-3-2-4-5;1-2/h4-7H,3H2,1-2H3;5H,2-4H2,1H3;1-2H3. The third-order valence-electron chi connectivity index (χ3n) is 2.96. The maximum Gasteiger partial charge on any atom is 0.118 e. The van der Waals surface area contributed by atoms with E-state index in [1.54, 1.807) is 7.11 Å². The summed E-state index contributed by atoms with van der Waals surface area (Å²) in [5.41, 5.74) is 1.35. The minimum Gasteiger partial charge on any atom is -0.497 e. The summed E-state index contributed by atoms with van der Waals surface area (Å²) in [6.45, 7) is 8.45. The average molecular weight is 236 g/mol. The third-order valence-corrected chi connectivity index (χ3v) is 2.96. The number of hydrogen-bond donors (Lipinski definition) is 0. The number of methoxy groups -OCH3 is 1. The van der Waals surface area contributed by atoms with Crippen LogP contribution in [0.3, 0.4) is 0 Å². The van der Waals surface area contributed by atoms with Crippen molar-refractivity contribution < 1.29 is 4.74 Å². The predicted molar refractivity (Wildman–Crippen MR) is 76.7 cm³/mol. The summed E-state index contributed by atoms with van der Waals surface area (Å²) < 4.78 is 5.01. The van der Waals surface area contributed by atoms with Crippen LogP contribution in [0.5, 0.6) is 5.75 Å². The van der Waals surface area contributed by atoms with Gasteiger partial charge in [-0.25, -0.2) is 0 Å². The first kappa shape index (κ1) is 16.0. The van der Waals surface area contributed by atoms with Crippen LogP contribution in [0.1, 0.15) is 52.5 Å². The van der Waals surface area contributed by atoms with Gasteiger partial charge in [-0.15, -0.1) is 0 Å². The molecule has 2 rings (SSSR count). The highest BCUT2D eigenvalue weighted by Gasteiger charge is 2.09. The topological polar surface area (TPSA) is 9.23 Å². The number of ether oxygens (including phenoxy) is 1. The van der Waals surface area contributed by atoms with Gasteiger partial charge < -0.3 is 4.74 Å². The molecule has 1 heteroatoms. The van der Waals surface area contributed by atoms with Crippen LogP contribution < -0.4 is 4.74 Å². The zero-order chi connectivity index (χ0) is 13.1. The maximum atomic E-state index is 5.01. The fourth-order valence-corrected chi connectivity index (χ4v) is 1.47. The molecule has 0 aliphatic heterocycles. The summed E-state index contributed by atoms with van der Waals surface area (Å²) in [6, 6.07) is 8.13. The Morgan fingerprint density at radius 3 is 1.82 bits per heavy atom. The molecule has 98 valence electrons. The van der Waals surface area contributed by atoms with Gasteiger partial charge in [0.1, 0.15) is 5.75 Å². The average Bonchev–Trinajstić information content (AvgIpc) is 2.39. The van der Waals surface area contributed by atoms with Gasteiger partial charge >= 0.3 is 0 Å². The van der Waals surface area contributed by atoms with Gasteiger partial charge in [-0.05, 0) is 30.0 Å². The summed E-state index contributed by atoms with van der Waals surface area (Å²) in [5.74, 6) is 1.99. The van der Waals surface area contributed by atoms with Crippen LogP contribution in [0, 0.1) is 5.92 Å². The van der Waals surface area contributed by atoms with E-state index in [0.717, 1.165) is 18.1 Å². The normalized spacial score (nSPS) is 13.5.